The lowest BCUT2D eigenvalue weighted by atomic mass is 10.5. The summed E-state index contributed by atoms with van der Waals surface area (Å²) in [5.74, 6) is 0. The quantitative estimate of drug-likeness (QED) is 0.492. The third kappa shape index (κ3) is 282. The molecule has 0 atom stereocenters. The maximum Gasteiger partial charge on any atom is 0.0483 e. The predicted octanol–water partition coefficient (Wildman–Crippen LogP) is 0.518. The van der Waals surface area contributed by atoms with Gasteiger partial charge in [-0.3, -0.25) is 0 Å². The summed E-state index contributed by atoms with van der Waals surface area (Å²) in [4.78, 5) is 0. The Morgan fingerprint density at radius 1 is 1.75 bits per heavy atom. The molecule has 0 aliphatic heterocycles. The third-order valence-corrected chi connectivity index (χ3v) is 0.167. The zero-order valence-electron chi connectivity index (χ0n) is 5.59. The first-order valence-electron chi connectivity index (χ1n) is 2.64. The van der Waals surface area contributed by atoms with E-state index in [1.807, 2.05) is 0 Å². The van der Waals surface area contributed by atoms with Crippen molar-refractivity contribution in [2.24, 2.45) is 5.73 Å². The van der Waals surface area contributed by atoms with Crippen molar-refractivity contribution in [2.45, 2.75) is 20.0 Å². The molecule has 0 amide bonds. The van der Waals surface area contributed by atoms with Gasteiger partial charge in [-0.25, -0.2) is 0 Å². The zero-order chi connectivity index (χ0) is 6.99. The first-order valence-corrected chi connectivity index (χ1v) is 2.64. The second kappa shape index (κ2) is 9.83. The van der Waals surface area contributed by atoms with Crippen molar-refractivity contribution in [1.82, 2.24) is 0 Å². The molecule has 0 heterocycles. The van der Waals surface area contributed by atoms with Crippen LogP contribution >= 0.6 is 0 Å². The number of nitrogens with two attached hydrogens (primary N) is 1. The normalized spacial score (nSPS) is 7.62. The fraction of sp³-hybridized carbons (Fsp3) is 0.667. The summed E-state index contributed by atoms with van der Waals surface area (Å²) in [7, 11) is 0. The lowest BCUT2D eigenvalue weighted by Gasteiger charge is -1.80. The van der Waals surface area contributed by atoms with E-state index in [-0.39, 0.29) is 6.10 Å². The minimum Gasteiger partial charge on any atom is -0.394 e. The molecule has 2 heteroatoms. The van der Waals surface area contributed by atoms with Gasteiger partial charge >= 0.3 is 0 Å². The van der Waals surface area contributed by atoms with Gasteiger partial charge in [0.15, 0.2) is 0 Å². The summed E-state index contributed by atoms with van der Waals surface area (Å²) in [6, 6.07) is 0. The van der Waals surface area contributed by atoms with Crippen LogP contribution in [0.1, 0.15) is 13.8 Å². The van der Waals surface area contributed by atoms with E-state index in [1.54, 1.807) is 19.9 Å². The Kier molecular flexibility index (Phi) is 13.0. The van der Waals surface area contributed by atoms with E-state index in [1.165, 1.54) is 0 Å². The van der Waals surface area contributed by atoms with Crippen molar-refractivity contribution in [3.8, 4) is 0 Å². The van der Waals surface area contributed by atoms with Gasteiger partial charge in [0, 0.05) is 12.6 Å². The second-order valence-electron chi connectivity index (χ2n) is 1.62. The van der Waals surface area contributed by atoms with Gasteiger partial charge in [-0.2, -0.15) is 0 Å². The molecule has 8 heavy (non-hydrogen) atoms. The molecule has 0 spiro atoms. The van der Waals surface area contributed by atoms with E-state index in [4.69, 9.17) is 10.8 Å². The summed E-state index contributed by atoms with van der Waals surface area (Å²) >= 11 is 0. The standard InChI is InChI=1S/C3H7N.C3H8O/c1-2-3-4;1-3(2)4/h2H,1,3-4H2;3-4H,1-2H3. The molecule has 0 rings (SSSR count). The van der Waals surface area contributed by atoms with E-state index in [0.717, 1.165) is 0 Å². The van der Waals surface area contributed by atoms with Gasteiger partial charge in [0.25, 0.3) is 0 Å². The van der Waals surface area contributed by atoms with Crippen molar-refractivity contribution < 1.29 is 5.11 Å². The van der Waals surface area contributed by atoms with Crippen molar-refractivity contribution in [1.29, 1.82) is 0 Å². The van der Waals surface area contributed by atoms with Gasteiger partial charge in [-0.05, 0) is 13.8 Å². The number of hydrogen-bond acceptors (Lipinski definition) is 2. The monoisotopic (exact) mass is 117 g/mol. The lowest BCUT2D eigenvalue weighted by Crippen LogP contribution is -1.90. The third-order valence-electron chi connectivity index (χ3n) is 0.167. The molecule has 0 bridgehead atoms. The summed E-state index contributed by atoms with van der Waals surface area (Å²) in [6.45, 7) is 7.38. The summed E-state index contributed by atoms with van der Waals surface area (Å²) in [5, 5.41) is 8.06. The molecule has 0 fully saturated rings. The van der Waals surface area contributed by atoms with E-state index in [9.17, 15) is 0 Å². The van der Waals surface area contributed by atoms with E-state index >= 15 is 0 Å². The van der Waals surface area contributed by atoms with Crippen LogP contribution in [0.4, 0.5) is 0 Å². The van der Waals surface area contributed by atoms with Crippen LogP contribution in [0, 0.1) is 0 Å². The molecule has 50 valence electrons. The highest BCUT2D eigenvalue weighted by atomic mass is 16.3. The maximum absolute atomic E-state index is 8.06. The molecule has 0 aliphatic rings. The molecule has 0 aromatic carbocycles. The fourth-order valence-electron chi connectivity index (χ4n) is 0. The van der Waals surface area contributed by atoms with Gasteiger partial charge in [-0.1, -0.05) is 6.08 Å². The van der Waals surface area contributed by atoms with E-state index in [2.05, 4.69) is 6.58 Å². The highest BCUT2D eigenvalue weighted by Gasteiger charge is 1.69. The number of hydrogen-bond donors (Lipinski definition) is 2. The lowest BCUT2D eigenvalue weighted by molar-refractivity contribution is 0.216. The average molecular weight is 117 g/mol. The van der Waals surface area contributed by atoms with E-state index < -0.39 is 0 Å². The van der Waals surface area contributed by atoms with Crippen molar-refractivity contribution in [2.75, 3.05) is 6.54 Å². The van der Waals surface area contributed by atoms with Crippen LogP contribution in [0.3, 0.4) is 0 Å². The van der Waals surface area contributed by atoms with Crippen molar-refractivity contribution in [3.05, 3.63) is 12.7 Å². The topological polar surface area (TPSA) is 46.2 Å². The minimum absolute atomic E-state index is 0.167. The van der Waals surface area contributed by atoms with Crippen LogP contribution in [-0.2, 0) is 0 Å². The second-order valence-corrected chi connectivity index (χ2v) is 1.62. The first kappa shape index (κ1) is 10.6. The fourth-order valence-corrected chi connectivity index (χ4v) is 0. The van der Waals surface area contributed by atoms with Gasteiger partial charge in [0.2, 0.25) is 0 Å². The average Bonchev–Trinajstić information content (AvgIpc) is 1.65. The molecule has 0 saturated heterocycles. The van der Waals surface area contributed by atoms with Crippen LogP contribution in [0.2, 0.25) is 0 Å². The smallest absolute Gasteiger partial charge is 0.0483 e. The largest absolute Gasteiger partial charge is 0.394 e. The number of aliphatic hydroxyl groups excluding tert-OH is 1. The SMILES string of the molecule is C=CCN.CC(C)O. The van der Waals surface area contributed by atoms with Crippen LogP contribution in [-0.4, -0.2) is 17.8 Å². The molecule has 0 saturated carbocycles. The Labute approximate surface area is 51.0 Å². The molecule has 0 aromatic heterocycles. The first-order chi connectivity index (χ1) is 3.65. The Morgan fingerprint density at radius 2 is 1.88 bits per heavy atom. The van der Waals surface area contributed by atoms with Crippen LogP contribution in [0.15, 0.2) is 12.7 Å². The van der Waals surface area contributed by atoms with Gasteiger partial charge in [0.1, 0.15) is 0 Å². The number of rotatable bonds is 1. The highest BCUT2D eigenvalue weighted by Crippen LogP contribution is 1.65. The molecular weight excluding hydrogens is 102 g/mol. The molecule has 0 unspecified atom stereocenters. The predicted molar refractivity (Wildman–Crippen MR) is 36.6 cm³/mol. The number of aliphatic hydroxyl groups is 1. The Bertz CT molecular complexity index is 41.0. The summed E-state index contributed by atoms with van der Waals surface area (Å²) in [6.07, 6.45) is 1.49. The van der Waals surface area contributed by atoms with Crippen molar-refractivity contribution >= 4 is 0 Å². The van der Waals surface area contributed by atoms with Crippen LogP contribution in [0.5, 0.6) is 0 Å². The minimum atomic E-state index is -0.167. The molecular formula is C6H15NO. The molecule has 2 nitrogen and oxygen atoms in total. The molecule has 0 aromatic rings. The summed E-state index contributed by atoms with van der Waals surface area (Å²) < 4.78 is 0. The maximum atomic E-state index is 8.06. The van der Waals surface area contributed by atoms with Crippen molar-refractivity contribution in [3.63, 3.8) is 0 Å². The van der Waals surface area contributed by atoms with Crippen LogP contribution < -0.4 is 5.73 Å². The highest BCUT2D eigenvalue weighted by molar-refractivity contribution is 4.64. The Balaban J connectivity index is 0. The van der Waals surface area contributed by atoms with Crippen LogP contribution in [0.25, 0.3) is 0 Å². The van der Waals surface area contributed by atoms with Gasteiger partial charge in [0.05, 0.1) is 0 Å². The van der Waals surface area contributed by atoms with Gasteiger partial charge < -0.3 is 10.8 Å². The Hall–Kier alpha value is -0.340. The van der Waals surface area contributed by atoms with Gasteiger partial charge in [-0.15, -0.1) is 6.58 Å². The zero-order valence-corrected chi connectivity index (χ0v) is 5.59. The molecule has 0 radical (unpaired) electrons. The van der Waals surface area contributed by atoms with E-state index in [0.29, 0.717) is 6.54 Å². The summed E-state index contributed by atoms with van der Waals surface area (Å²) in [5.41, 5.74) is 4.91. The molecule has 0 aliphatic carbocycles. The molecule has 3 N–H and O–H groups in total. The Morgan fingerprint density at radius 3 is 1.88 bits per heavy atom.